The van der Waals surface area contributed by atoms with Gasteiger partial charge in [-0.05, 0) is 0 Å². The van der Waals surface area contributed by atoms with Gasteiger partial charge in [0.1, 0.15) is 0 Å². The number of hydrogen-bond donors (Lipinski definition) is 3. The molecule has 0 saturated carbocycles. The molecule has 2 heterocycles. The molecule has 0 fully saturated rings. The quantitative estimate of drug-likeness (QED) is 0.553. The van der Waals surface area contributed by atoms with Gasteiger partial charge in [-0.25, -0.2) is 14.3 Å². The molecule has 0 atom stereocenters. The highest BCUT2D eigenvalue weighted by atomic mass is 16.4. The molecule has 0 aromatic carbocycles. The van der Waals surface area contributed by atoms with E-state index in [2.05, 4.69) is 10.1 Å². The standard InChI is InChI=1S/C6H6N4O2/c7-3-1-9-10-4(6(11)12)2-8-5(3)10/h1-2,9H,7H2,(H,11,12). The first-order chi connectivity index (χ1) is 5.70. The van der Waals surface area contributed by atoms with Gasteiger partial charge in [-0.3, -0.25) is 5.10 Å². The largest absolute Gasteiger partial charge is 0.476 e. The van der Waals surface area contributed by atoms with E-state index in [4.69, 9.17) is 10.8 Å². The Morgan fingerprint density at radius 1 is 1.75 bits per heavy atom. The molecule has 0 spiro atoms. The second-order valence-electron chi connectivity index (χ2n) is 2.34. The average Bonchev–Trinajstić information content (AvgIpc) is 2.53. The lowest BCUT2D eigenvalue weighted by Crippen LogP contribution is -2.01. The Labute approximate surface area is 66.6 Å². The summed E-state index contributed by atoms with van der Waals surface area (Å²) in [6.45, 7) is 0. The number of carbonyl (C=O) groups is 1. The van der Waals surface area contributed by atoms with E-state index in [9.17, 15) is 4.79 Å². The van der Waals surface area contributed by atoms with E-state index >= 15 is 0 Å². The van der Waals surface area contributed by atoms with Crippen LogP contribution in [0.3, 0.4) is 0 Å². The number of aromatic nitrogens is 3. The number of fused-ring (bicyclic) bond motifs is 1. The van der Waals surface area contributed by atoms with Gasteiger partial charge in [0.2, 0.25) is 0 Å². The van der Waals surface area contributed by atoms with E-state index in [0.29, 0.717) is 11.3 Å². The Balaban J connectivity index is 2.79. The van der Waals surface area contributed by atoms with Crippen molar-refractivity contribution < 1.29 is 9.90 Å². The van der Waals surface area contributed by atoms with Crippen LogP contribution in [-0.2, 0) is 0 Å². The summed E-state index contributed by atoms with van der Waals surface area (Å²) >= 11 is 0. The Morgan fingerprint density at radius 3 is 3.17 bits per heavy atom. The Hall–Kier alpha value is -1.98. The lowest BCUT2D eigenvalue weighted by molar-refractivity contribution is 0.0688. The second-order valence-corrected chi connectivity index (χ2v) is 2.34. The van der Waals surface area contributed by atoms with E-state index < -0.39 is 5.97 Å². The first-order valence-corrected chi connectivity index (χ1v) is 3.24. The van der Waals surface area contributed by atoms with Gasteiger partial charge in [0.25, 0.3) is 0 Å². The maximum Gasteiger partial charge on any atom is 0.356 e. The van der Waals surface area contributed by atoms with Gasteiger partial charge >= 0.3 is 5.97 Å². The average molecular weight is 166 g/mol. The monoisotopic (exact) mass is 166 g/mol. The maximum atomic E-state index is 10.6. The lowest BCUT2D eigenvalue weighted by Gasteiger charge is -1.88. The number of carboxylic acids is 1. The van der Waals surface area contributed by atoms with Crippen molar-refractivity contribution >= 4 is 17.3 Å². The van der Waals surface area contributed by atoms with Crippen molar-refractivity contribution in [3.63, 3.8) is 0 Å². The van der Waals surface area contributed by atoms with Crippen LogP contribution in [0.25, 0.3) is 5.65 Å². The summed E-state index contributed by atoms with van der Waals surface area (Å²) in [5, 5.41) is 11.3. The Morgan fingerprint density at radius 2 is 2.50 bits per heavy atom. The zero-order valence-corrected chi connectivity index (χ0v) is 5.98. The zero-order chi connectivity index (χ0) is 8.72. The zero-order valence-electron chi connectivity index (χ0n) is 5.98. The first kappa shape index (κ1) is 6.71. The smallest absolute Gasteiger partial charge is 0.356 e. The summed E-state index contributed by atoms with van der Waals surface area (Å²) in [6, 6.07) is 0. The molecule has 4 N–H and O–H groups in total. The van der Waals surface area contributed by atoms with Crippen LogP contribution in [0, 0.1) is 0 Å². The summed E-state index contributed by atoms with van der Waals surface area (Å²) < 4.78 is 1.32. The number of anilines is 1. The fraction of sp³-hybridized carbons (Fsp3) is 0. The number of H-pyrrole nitrogens is 1. The fourth-order valence-electron chi connectivity index (χ4n) is 1.04. The van der Waals surface area contributed by atoms with Crippen LogP contribution in [-0.4, -0.2) is 25.7 Å². The molecule has 6 nitrogen and oxygen atoms in total. The predicted octanol–water partition coefficient (Wildman–Crippen LogP) is -0.0572. The number of aromatic carboxylic acids is 1. The third-order valence-corrected chi connectivity index (χ3v) is 1.59. The summed E-state index contributed by atoms with van der Waals surface area (Å²) in [5.41, 5.74) is 6.42. The van der Waals surface area contributed by atoms with Crippen molar-refractivity contribution in [3.05, 3.63) is 18.1 Å². The van der Waals surface area contributed by atoms with Crippen LogP contribution in [0.2, 0.25) is 0 Å². The highest BCUT2D eigenvalue weighted by molar-refractivity contribution is 5.87. The molecule has 2 rings (SSSR count). The van der Waals surface area contributed by atoms with Gasteiger partial charge in [-0.15, -0.1) is 0 Å². The topological polar surface area (TPSA) is 96.4 Å². The molecule has 6 heteroatoms. The van der Waals surface area contributed by atoms with Gasteiger partial charge in [0.05, 0.1) is 11.9 Å². The predicted molar refractivity (Wildman–Crippen MR) is 40.9 cm³/mol. The van der Waals surface area contributed by atoms with Crippen molar-refractivity contribution in [2.75, 3.05) is 5.73 Å². The van der Waals surface area contributed by atoms with Gasteiger partial charge in [-0.1, -0.05) is 0 Å². The molecule has 0 bridgehead atoms. The van der Waals surface area contributed by atoms with Crippen molar-refractivity contribution in [2.45, 2.75) is 0 Å². The molecule has 2 aromatic heterocycles. The highest BCUT2D eigenvalue weighted by Crippen LogP contribution is 2.12. The molecular formula is C6H6N4O2. The molecule has 0 aliphatic carbocycles. The molecule has 0 aliphatic rings. The number of nitrogens with zero attached hydrogens (tertiary/aromatic N) is 2. The van der Waals surface area contributed by atoms with Crippen LogP contribution < -0.4 is 5.73 Å². The number of aromatic amines is 1. The van der Waals surface area contributed by atoms with E-state index in [1.165, 1.54) is 16.9 Å². The molecular weight excluding hydrogens is 160 g/mol. The number of imidazole rings is 1. The van der Waals surface area contributed by atoms with Crippen LogP contribution in [0.5, 0.6) is 0 Å². The van der Waals surface area contributed by atoms with E-state index in [1.54, 1.807) is 0 Å². The lowest BCUT2D eigenvalue weighted by atomic mass is 10.5. The number of nitrogens with two attached hydrogens (primary N) is 1. The summed E-state index contributed by atoms with van der Waals surface area (Å²) in [4.78, 5) is 14.4. The third-order valence-electron chi connectivity index (χ3n) is 1.59. The summed E-state index contributed by atoms with van der Waals surface area (Å²) in [6.07, 6.45) is 2.75. The first-order valence-electron chi connectivity index (χ1n) is 3.24. The molecule has 12 heavy (non-hydrogen) atoms. The molecule has 0 unspecified atom stereocenters. The molecule has 0 aliphatic heterocycles. The summed E-state index contributed by atoms with van der Waals surface area (Å²) in [7, 11) is 0. The normalized spacial score (nSPS) is 10.7. The number of nitrogens with one attached hydrogen (secondary N) is 1. The maximum absolute atomic E-state index is 10.6. The van der Waals surface area contributed by atoms with Crippen LogP contribution in [0.15, 0.2) is 12.4 Å². The Kier molecular flexibility index (Phi) is 1.12. The van der Waals surface area contributed by atoms with Crippen molar-refractivity contribution in [3.8, 4) is 0 Å². The molecule has 0 radical (unpaired) electrons. The van der Waals surface area contributed by atoms with Crippen molar-refractivity contribution in [1.82, 2.24) is 14.6 Å². The second kappa shape index (κ2) is 2.00. The summed E-state index contributed by atoms with van der Waals surface area (Å²) in [5.74, 6) is -1.04. The van der Waals surface area contributed by atoms with Gasteiger partial charge in [0.15, 0.2) is 11.3 Å². The van der Waals surface area contributed by atoms with Crippen LogP contribution >= 0.6 is 0 Å². The highest BCUT2D eigenvalue weighted by Gasteiger charge is 2.12. The minimum absolute atomic E-state index is 0.0710. The number of nitrogen functional groups attached to an aromatic ring is 1. The van der Waals surface area contributed by atoms with Crippen molar-refractivity contribution in [1.29, 1.82) is 0 Å². The molecule has 0 saturated heterocycles. The number of rotatable bonds is 1. The van der Waals surface area contributed by atoms with Gasteiger partial charge in [0, 0.05) is 6.20 Å². The SMILES string of the molecule is Nc1c[nH]n2c(C(=O)O)cnc12. The van der Waals surface area contributed by atoms with E-state index in [-0.39, 0.29) is 5.69 Å². The fourth-order valence-corrected chi connectivity index (χ4v) is 1.04. The minimum atomic E-state index is -1.04. The number of carboxylic acid groups (broad SMARTS) is 1. The third kappa shape index (κ3) is 0.685. The molecule has 62 valence electrons. The van der Waals surface area contributed by atoms with E-state index in [1.807, 2.05) is 0 Å². The van der Waals surface area contributed by atoms with E-state index in [0.717, 1.165) is 0 Å². The Bertz CT molecular complexity index is 441. The van der Waals surface area contributed by atoms with Crippen LogP contribution in [0.4, 0.5) is 5.69 Å². The van der Waals surface area contributed by atoms with Crippen LogP contribution in [0.1, 0.15) is 10.5 Å². The molecule has 2 aromatic rings. The number of hydrogen-bond acceptors (Lipinski definition) is 3. The van der Waals surface area contributed by atoms with Gasteiger partial charge < -0.3 is 10.8 Å². The molecule has 0 amide bonds. The van der Waals surface area contributed by atoms with Crippen molar-refractivity contribution in [2.24, 2.45) is 0 Å². The minimum Gasteiger partial charge on any atom is -0.476 e. The van der Waals surface area contributed by atoms with Gasteiger partial charge in [-0.2, -0.15) is 0 Å².